The van der Waals surface area contributed by atoms with Gasteiger partial charge in [-0.25, -0.2) is 0 Å². The van der Waals surface area contributed by atoms with Gasteiger partial charge in [0.2, 0.25) is 0 Å². The van der Waals surface area contributed by atoms with Crippen LogP contribution >= 0.6 is 15.9 Å². The van der Waals surface area contributed by atoms with Gasteiger partial charge in [-0.2, -0.15) is 0 Å². The summed E-state index contributed by atoms with van der Waals surface area (Å²) in [4.78, 5) is 12.5. The number of benzene rings is 2. The van der Waals surface area contributed by atoms with Crippen LogP contribution in [0.1, 0.15) is 21.5 Å². The highest BCUT2D eigenvalue weighted by atomic mass is 79.9. The normalized spacial score (nSPS) is 15.9. The smallest absolute Gasteiger partial charge is 0.196 e. The largest absolute Gasteiger partial charge is 0.488 e. The van der Waals surface area contributed by atoms with Gasteiger partial charge in [-0.1, -0.05) is 45.8 Å². The average molecular weight is 329 g/mol. The molecular weight excluding hydrogens is 316 g/mol. The minimum Gasteiger partial charge on any atom is -0.488 e. The number of fused-ring (bicyclic) bond motifs is 1. The SMILES string of the molecule is Cc1ccc(/C=C2\COc3ccc(Br)cc3C2=O)cc1. The van der Waals surface area contributed by atoms with Crippen molar-refractivity contribution in [3.8, 4) is 5.75 Å². The summed E-state index contributed by atoms with van der Waals surface area (Å²) in [5.41, 5.74) is 3.51. The molecule has 0 aliphatic carbocycles. The van der Waals surface area contributed by atoms with E-state index in [9.17, 15) is 4.79 Å². The molecule has 2 aromatic carbocycles. The van der Waals surface area contributed by atoms with E-state index >= 15 is 0 Å². The van der Waals surface area contributed by atoms with E-state index in [-0.39, 0.29) is 5.78 Å². The van der Waals surface area contributed by atoms with Gasteiger partial charge in [0.25, 0.3) is 0 Å². The van der Waals surface area contributed by atoms with Gasteiger partial charge in [0.15, 0.2) is 5.78 Å². The van der Waals surface area contributed by atoms with Crippen molar-refractivity contribution in [1.29, 1.82) is 0 Å². The third kappa shape index (κ3) is 2.54. The lowest BCUT2D eigenvalue weighted by molar-refractivity contribution is 0.100. The second kappa shape index (κ2) is 5.25. The average Bonchev–Trinajstić information content (AvgIpc) is 2.45. The summed E-state index contributed by atoms with van der Waals surface area (Å²) >= 11 is 3.39. The Kier molecular flexibility index (Phi) is 3.45. The van der Waals surface area contributed by atoms with Gasteiger partial charge >= 0.3 is 0 Å². The molecule has 0 spiro atoms. The van der Waals surface area contributed by atoms with Crippen molar-refractivity contribution in [2.24, 2.45) is 0 Å². The summed E-state index contributed by atoms with van der Waals surface area (Å²) in [5.74, 6) is 0.687. The molecule has 0 bridgehead atoms. The molecule has 3 rings (SSSR count). The molecule has 0 saturated carbocycles. The van der Waals surface area contributed by atoms with E-state index in [1.165, 1.54) is 5.56 Å². The van der Waals surface area contributed by atoms with Crippen molar-refractivity contribution in [3.05, 3.63) is 69.2 Å². The Morgan fingerprint density at radius 2 is 1.90 bits per heavy atom. The zero-order chi connectivity index (χ0) is 14.1. The number of aryl methyl sites for hydroxylation is 1. The summed E-state index contributed by atoms with van der Waals surface area (Å²) in [6, 6.07) is 13.6. The Balaban J connectivity index is 1.97. The van der Waals surface area contributed by atoms with Gasteiger partial charge in [-0.15, -0.1) is 0 Å². The molecule has 0 saturated heterocycles. The molecule has 2 nitrogen and oxygen atoms in total. The molecule has 1 aliphatic heterocycles. The highest BCUT2D eigenvalue weighted by Crippen LogP contribution is 2.30. The highest BCUT2D eigenvalue weighted by molar-refractivity contribution is 9.10. The monoisotopic (exact) mass is 328 g/mol. The number of ketones is 1. The topological polar surface area (TPSA) is 26.3 Å². The predicted molar refractivity (Wildman–Crippen MR) is 83.1 cm³/mol. The molecule has 2 aromatic rings. The van der Waals surface area contributed by atoms with E-state index in [0.29, 0.717) is 23.5 Å². The highest BCUT2D eigenvalue weighted by Gasteiger charge is 2.23. The van der Waals surface area contributed by atoms with Crippen molar-refractivity contribution in [2.45, 2.75) is 6.92 Å². The third-order valence-electron chi connectivity index (χ3n) is 3.28. The van der Waals surface area contributed by atoms with E-state index in [1.54, 1.807) is 6.07 Å². The summed E-state index contributed by atoms with van der Waals surface area (Å²) < 4.78 is 6.53. The van der Waals surface area contributed by atoms with Gasteiger partial charge in [-0.05, 0) is 36.8 Å². The second-order valence-corrected chi connectivity index (χ2v) is 5.75. The van der Waals surface area contributed by atoms with Gasteiger partial charge < -0.3 is 4.74 Å². The fraction of sp³-hybridized carbons (Fsp3) is 0.118. The van der Waals surface area contributed by atoms with Gasteiger partial charge in [-0.3, -0.25) is 4.79 Å². The third-order valence-corrected chi connectivity index (χ3v) is 3.77. The number of hydrogen-bond acceptors (Lipinski definition) is 2. The van der Waals surface area contributed by atoms with Crippen LogP contribution in [0.5, 0.6) is 5.75 Å². The number of carbonyl (C=O) groups is 1. The number of carbonyl (C=O) groups excluding carboxylic acids is 1. The maximum Gasteiger partial charge on any atom is 0.196 e. The Morgan fingerprint density at radius 1 is 1.15 bits per heavy atom. The molecule has 0 unspecified atom stereocenters. The van der Waals surface area contributed by atoms with Crippen LogP contribution in [0, 0.1) is 6.92 Å². The molecule has 100 valence electrons. The second-order valence-electron chi connectivity index (χ2n) is 4.84. The quantitative estimate of drug-likeness (QED) is 0.724. The molecule has 0 N–H and O–H groups in total. The summed E-state index contributed by atoms with van der Waals surface area (Å²) in [7, 11) is 0. The van der Waals surface area contributed by atoms with Crippen molar-refractivity contribution in [2.75, 3.05) is 6.61 Å². The predicted octanol–water partition coefficient (Wildman–Crippen LogP) is 4.42. The Labute approximate surface area is 126 Å². The van der Waals surface area contributed by atoms with Gasteiger partial charge in [0.1, 0.15) is 12.4 Å². The molecule has 0 fully saturated rings. The summed E-state index contributed by atoms with van der Waals surface area (Å²) in [6.07, 6.45) is 1.89. The van der Waals surface area contributed by atoms with Crippen molar-refractivity contribution >= 4 is 27.8 Å². The number of halogens is 1. The minimum absolute atomic E-state index is 0.0353. The van der Waals surface area contributed by atoms with Gasteiger partial charge in [0.05, 0.1) is 5.56 Å². The van der Waals surface area contributed by atoms with Crippen molar-refractivity contribution < 1.29 is 9.53 Å². The standard InChI is InChI=1S/C17H13BrO2/c1-11-2-4-12(5-3-11)8-13-10-20-16-7-6-14(18)9-15(16)17(13)19/h2-9H,10H2,1H3/b13-8+. The van der Waals surface area contributed by atoms with Crippen molar-refractivity contribution in [1.82, 2.24) is 0 Å². The summed E-state index contributed by atoms with van der Waals surface area (Å²) in [6.45, 7) is 2.36. The van der Waals surface area contributed by atoms with E-state index < -0.39 is 0 Å². The van der Waals surface area contributed by atoms with Crippen LogP contribution in [0.3, 0.4) is 0 Å². The molecule has 3 heteroatoms. The van der Waals surface area contributed by atoms with Crippen molar-refractivity contribution in [3.63, 3.8) is 0 Å². The first-order valence-electron chi connectivity index (χ1n) is 6.38. The lowest BCUT2D eigenvalue weighted by atomic mass is 9.98. The van der Waals surface area contributed by atoms with Crippen LogP contribution in [-0.2, 0) is 0 Å². The zero-order valence-corrected chi connectivity index (χ0v) is 12.6. The zero-order valence-electron chi connectivity index (χ0n) is 11.0. The lowest BCUT2D eigenvalue weighted by Crippen LogP contribution is -2.18. The number of Topliss-reactive ketones (excluding diaryl/α,β-unsaturated/α-hetero) is 1. The molecule has 1 aliphatic rings. The molecule has 1 heterocycles. The van der Waals surface area contributed by atoms with E-state index in [0.717, 1.165) is 10.0 Å². The van der Waals surface area contributed by atoms with E-state index in [2.05, 4.69) is 15.9 Å². The lowest BCUT2D eigenvalue weighted by Gasteiger charge is -2.19. The van der Waals surface area contributed by atoms with Crippen LogP contribution < -0.4 is 4.74 Å². The molecule has 0 aromatic heterocycles. The first kappa shape index (κ1) is 13.1. The molecule has 20 heavy (non-hydrogen) atoms. The maximum atomic E-state index is 12.5. The molecule has 0 atom stereocenters. The first-order chi connectivity index (χ1) is 9.63. The number of rotatable bonds is 1. The van der Waals surface area contributed by atoms with E-state index in [4.69, 9.17) is 4.74 Å². The Bertz CT molecular complexity index is 699. The minimum atomic E-state index is 0.0353. The fourth-order valence-corrected chi connectivity index (χ4v) is 2.53. The number of ether oxygens (including phenoxy) is 1. The number of hydrogen-bond donors (Lipinski definition) is 0. The van der Waals surface area contributed by atoms with Gasteiger partial charge in [0, 0.05) is 10.0 Å². The van der Waals surface area contributed by atoms with Crippen LogP contribution in [-0.4, -0.2) is 12.4 Å². The molecular formula is C17H13BrO2. The molecule has 0 radical (unpaired) electrons. The first-order valence-corrected chi connectivity index (χ1v) is 7.17. The Hall–Kier alpha value is -1.87. The van der Waals surface area contributed by atoms with E-state index in [1.807, 2.05) is 49.4 Å². The van der Waals surface area contributed by atoms with Crippen LogP contribution in [0.4, 0.5) is 0 Å². The maximum absolute atomic E-state index is 12.5. The summed E-state index contributed by atoms with van der Waals surface area (Å²) in [5, 5.41) is 0. The fourth-order valence-electron chi connectivity index (χ4n) is 2.17. The van der Waals surface area contributed by atoms with Crippen LogP contribution in [0.15, 0.2) is 52.5 Å². The Morgan fingerprint density at radius 3 is 2.65 bits per heavy atom. The van der Waals surface area contributed by atoms with Crippen LogP contribution in [0.2, 0.25) is 0 Å². The van der Waals surface area contributed by atoms with Crippen LogP contribution in [0.25, 0.3) is 6.08 Å². The molecule has 0 amide bonds.